The molecule has 1 atom stereocenters. The first-order chi connectivity index (χ1) is 15.1. The number of thiophene rings is 1. The Kier molecular flexibility index (Phi) is 9.03. The summed E-state index contributed by atoms with van der Waals surface area (Å²) in [6, 6.07) is 9.05. The highest BCUT2D eigenvalue weighted by Crippen LogP contribution is 2.26. The molecule has 0 aliphatic heterocycles. The lowest BCUT2D eigenvalue weighted by atomic mass is 10.0. The Bertz CT molecular complexity index is 820. The molecule has 1 unspecified atom stereocenters. The number of amides is 2. The molecule has 1 aliphatic carbocycles. The molecule has 3 rings (SSSR count). The Morgan fingerprint density at radius 3 is 2.61 bits per heavy atom. The first-order valence-corrected chi connectivity index (χ1v) is 11.9. The van der Waals surface area contributed by atoms with Crippen LogP contribution in [0.3, 0.4) is 0 Å². The van der Waals surface area contributed by atoms with E-state index < -0.39 is 6.04 Å². The maximum atomic E-state index is 13.6. The van der Waals surface area contributed by atoms with Crippen molar-refractivity contribution in [2.24, 2.45) is 0 Å². The van der Waals surface area contributed by atoms with Gasteiger partial charge >= 0.3 is 0 Å². The van der Waals surface area contributed by atoms with E-state index in [-0.39, 0.29) is 30.1 Å². The Hall–Kier alpha value is -2.25. The van der Waals surface area contributed by atoms with Crippen LogP contribution in [-0.4, -0.2) is 42.5 Å². The normalized spacial score (nSPS) is 15.0. The van der Waals surface area contributed by atoms with E-state index >= 15 is 0 Å². The van der Waals surface area contributed by atoms with Gasteiger partial charge in [-0.1, -0.05) is 31.0 Å². The average Bonchev–Trinajstić information content (AvgIpc) is 3.45. The summed E-state index contributed by atoms with van der Waals surface area (Å²) in [7, 11) is 0. The molecular weight excluding hydrogens is 415 g/mol. The Balaban J connectivity index is 1.86. The van der Waals surface area contributed by atoms with Gasteiger partial charge in [0, 0.05) is 30.7 Å². The van der Waals surface area contributed by atoms with Crippen LogP contribution in [0.15, 0.2) is 41.8 Å². The molecule has 2 amide bonds. The third-order valence-electron chi connectivity index (χ3n) is 5.57. The van der Waals surface area contributed by atoms with E-state index in [0.717, 1.165) is 30.6 Å². The number of halogens is 1. The molecule has 1 N–H and O–H groups in total. The van der Waals surface area contributed by atoms with Gasteiger partial charge < -0.3 is 15.0 Å². The van der Waals surface area contributed by atoms with Crippen molar-refractivity contribution in [1.29, 1.82) is 0 Å². The molecular formula is C24H31FN2O3S. The first-order valence-electron chi connectivity index (χ1n) is 11.0. The van der Waals surface area contributed by atoms with E-state index in [1.807, 2.05) is 24.4 Å². The number of ether oxygens (including phenoxy) is 1. The summed E-state index contributed by atoms with van der Waals surface area (Å²) in [4.78, 5) is 29.3. The highest BCUT2D eigenvalue weighted by atomic mass is 32.1. The number of carbonyl (C=O) groups excluding carboxylic acids is 2. The fraction of sp³-hybridized carbons (Fsp3) is 0.500. The molecule has 0 radical (unpaired) electrons. The zero-order valence-electron chi connectivity index (χ0n) is 18.0. The molecule has 168 valence electrons. The van der Waals surface area contributed by atoms with Crippen LogP contribution in [0.2, 0.25) is 0 Å². The summed E-state index contributed by atoms with van der Waals surface area (Å²) < 4.78 is 19.0. The lowest BCUT2D eigenvalue weighted by Crippen LogP contribution is -2.47. The van der Waals surface area contributed by atoms with E-state index in [2.05, 4.69) is 5.32 Å². The van der Waals surface area contributed by atoms with Gasteiger partial charge in [0.05, 0.1) is 6.42 Å². The highest BCUT2D eigenvalue weighted by molar-refractivity contribution is 7.10. The topological polar surface area (TPSA) is 58.6 Å². The molecule has 1 aromatic heterocycles. The van der Waals surface area contributed by atoms with Crippen molar-refractivity contribution in [3.05, 3.63) is 58.0 Å². The maximum Gasteiger partial charge on any atom is 0.247 e. The van der Waals surface area contributed by atoms with Crippen molar-refractivity contribution in [2.45, 2.75) is 57.5 Å². The van der Waals surface area contributed by atoms with Crippen LogP contribution >= 0.6 is 11.3 Å². The number of benzene rings is 1. The third-order valence-corrected chi connectivity index (χ3v) is 6.44. The van der Waals surface area contributed by atoms with Crippen LogP contribution < -0.4 is 5.32 Å². The van der Waals surface area contributed by atoms with Crippen LogP contribution in [0.25, 0.3) is 0 Å². The Morgan fingerprint density at radius 2 is 1.97 bits per heavy atom. The van der Waals surface area contributed by atoms with Crippen molar-refractivity contribution in [3.8, 4) is 0 Å². The minimum absolute atomic E-state index is 0.116. The summed E-state index contributed by atoms with van der Waals surface area (Å²) in [6.07, 6.45) is 4.97. The zero-order valence-corrected chi connectivity index (χ0v) is 18.8. The van der Waals surface area contributed by atoms with Gasteiger partial charge in [0.1, 0.15) is 11.9 Å². The number of hydrogen-bond donors (Lipinski definition) is 1. The van der Waals surface area contributed by atoms with Crippen LogP contribution in [0, 0.1) is 5.82 Å². The van der Waals surface area contributed by atoms with Crippen molar-refractivity contribution in [3.63, 3.8) is 0 Å². The molecule has 0 spiro atoms. The molecule has 5 nitrogen and oxygen atoms in total. The summed E-state index contributed by atoms with van der Waals surface area (Å²) in [5, 5.41) is 5.07. The fourth-order valence-corrected chi connectivity index (χ4v) is 4.71. The second-order valence-corrected chi connectivity index (χ2v) is 8.87. The monoisotopic (exact) mass is 446 g/mol. The summed E-state index contributed by atoms with van der Waals surface area (Å²) in [6.45, 7) is 3.44. The van der Waals surface area contributed by atoms with Crippen LogP contribution in [0.4, 0.5) is 4.39 Å². The summed E-state index contributed by atoms with van der Waals surface area (Å²) >= 11 is 1.52. The fourth-order valence-electron chi connectivity index (χ4n) is 4.01. The van der Waals surface area contributed by atoms with Gasteiger partial charge in [-0.25, -0.2) is 4.39 Å². The van der Waals surface area contributed by atoms with Crippen LogP contribution in [-0.2, 0) is 20.7 Å². The molecule has 0 saturated heterocycles. The second-order valence-electron chi connectivity index (χ2n) is 7.84. The van der Waals surface area contributed by atoms with E-state index in [4.69, 9.17) is 4.74 Å². The number of carbonyl (C=O) groups is 2. The molecule has 1 saturated carbocycles. The van der Waals surface area contributed by atoms with E-state index in [1.165, 1.54) is 23.5 Å². The molecule has 7 heteroatoms. The maximum absolute atomic E-state index is 13.6. The van der Waals surface area contributed by atoms with E-state index in [9.17, 15) is 14.0 Å². The number of rotatable bonds is 11. The first kappa shape index (κ1) is 23.4. The van der Waals surface area contributed by atoms with Crippen LogP contribution in [0.1, 0.15) is 55.5 Å². The third kappa shape index (κ3) is 6.87. The van der Waals surface area contributed by atoms with Crippen molar-refractivity contribution >= 4 is 23.2 Å². The van der Waals surface area contributed by atoms with Gasteiger partial charge in [0.15, 0.2) is 0 Å². The summed E-state index contributed by atoms with van der Waals surface area (Å²) in [5.41, 5.74) is 0.618. The highest BCUT2D eigenvalue weighted by Gasteiger charge is 2.33. The zero-order chi connectivity index (χ0) is 22.1. The van der Waals surface area contributed by atoms with Gasteiger partial charge in [-0.05, 0) is 55.3 Å². The average molecular weight is 447 g/mol. The second kappa shape index (κ2) is 12.0. The number of nitrogens with zero attached hydrogens (tertiary/aromatic N) is 1. The van der Waals surface area contributed by atoms with E-state index in [0.29, 0.717) is 31.7 Å². The van der Waals surface area contributed by atoms with Gasteiger partial charge in [-0.2, -0.15) is 0 Å². The minimum atomic E-state index is -0.796. The van der Waals surface area contributed by atoms with Gasteiger partial charge in [0.2, 0.25) is 11.8 Å². The quantitative estimate of drug-likeness (QED) is 0.518. The lowest BCUT2D eigenvalue weighted by Gasteiger charge is -2.32. The Labute approximate surface area is 187 Å². The van der Waals surface area contributed by atoms with Crippen LogP contribution in [0.5, 0.6) is 0 Å². The molecule has 31 heavy (non-hydrogen) atoms. The molecule has 1 fully saturated rings. The predicted molar refractivity (Wildman–Crippen MR) is 120 cm³/mol. The predicted octanol–water partition coefficient (Wildman–Crippen LogP) is 4.49. The minimum Gasteiger partial charge on any atom is -0.382 e. The van der Waals surface area contributed by atoms with Crippen molar-refractivity contribution in [2.75, 3.05) is 19.8 Å². The largest absolute Gasteiger partial charge is 0.382 e. The number of nitrogens with one attached hydrogen (secondary N) is 1. The van der Waals surface area contributed by atoms with Gasteiger partial charge in [0.25, 0.3) is 0 Å². The van der Waals surface area contributed by atoms with Crippen molar-refractivity contribution in [1.82, 2.24) is 10.2 Å². The number of hydrogen-bond acceptors (Lipinski definition) is 4. The molecule has 1 heterocycles. The van der Waals surface area contributed by atoms with Gasteiger partial charge in [-0.15, -0.1) is 11.3 Å². The summed E-state index contributed by atoms with van der Waals surface area (Å²) in [5.74, 6) is -0.684. The van der Waals surface area contributed by atoms with E-state index in [1.54, 1.807) is 17.0 Å². The molecule has 0 bridgehead atoms. The molecule has 1 aromatic carbocycles. The SMILES string of the molecule is CCOCCCN(C(=O)Cc1cccs1)C(C(=O)NC1CCCC1)c1ccc(F)cc1. The smallest absolute Gasteiger partial charge is 0.247 e. The Morgan fingerprint density at radius 1 is 1.23 bits per heavy atom. The lowest BCUT2D eigenvalue weighted by molar-refractivity contribution is -0.141. The van der Waals surface area contributed by atoms with Gasteiger partial charge in [-0.3, -0.25) is 9.59 Å². The van der Waals surface area contributed by atoms with Crippen molar-refractivity contribution < 1.29 is 18.7 Å². The molecule has 2 aromatic rings. The standard InChI is InChI=1S/C24H31FN2O3S/c1-2-30-15-6-14-27(22(28)17-21-9-5-16-31-21)23(18-10-12-19(25)13-11-18)24(29)26-20-7-3-4-8-20/h5,9-13,16,20,23H,2-4,6-8,14-15,17H2,1H3,(H,26,29). The molecule has 1 aliphatic rings.